The molecule has 1 aromatic rings. The predicted octanol–water partition coefficient (Wildman–Crippen LogP) is 1.80. The van der Waals surface area contributed by atoms with Gasteiger partial charge in [-0.3, -0.25) is 14.5 Å². The van der Waals surface area contributed by atoms with Crippen LogP contribution in [0.4, 0.5) is 5.69 Å². The van der Waals surface area contributed by atoms with E-state index in [0.717, 1.165) is 55.8 Å². The summed E-state index contributed by atoms with van der Waals surface area (Å²) in [6.45, 7) is 7.43. The Hall–Kier alpha value is -1.88. The van der Waals surface area contributed by atoms with Gasteiger partial charge in [-0.25, -0.2) is 0 Å². The maximum atomic E-state index is 12.3. The van der Waals surface area contributed by atoms with E-state index in [2.05, 4.69) is 10.2 Å². The zero-order chi connectivity index (χ0) is 16.4. The highest BCUT2D eigenvalue weighted by molar-refractivity contribution is 5.93. The van der Waals surface area contributed by atoms with Crippen molar-refractivity contribution < 1.29 is 9.59 Å². The van der Waals surface area contributed by atoms with Gasteiger partial charge in [-0.15, -0.1) is 0 Å². The van der Waals surface area contributed by atoms with Crippen molar-refractivity contribution in [3.05, 3.63) is 29.3 Å². The van der Waals surface area contributed by atoms with Crippen LogP contribution in [0, 0.1) is 19.8 Å². The van der Waals surface area contributed by atoms with E-state index in [4.69, 9.17) is 0 Å². The first kappa shape index (κ1) is 16.0. The first-order chi connectivity index (χ1) is 11.0. The van der Waals surface area contributed by atoms with Crippen molar-refractivity contribution in [1.29, 1.82) is 0 Å². The number of benzene rings is 1. The van der Waals surface area contributed by atoms with Crippen molar-refractivity contribution in [1.82, 2.24) is 9.80 Å². The fraction of sp³-hybridized carbons (Fsp3) is 0.556. The fourth-order valence-electron chi connectivity index (χ4n) is 3.11. The third-order valence-corrected chi connectivity index (χ3v) is 4.72. The SMILES string of the molecule is Cc1cccc(C)c1NC(=O)CN1CCN(C(=O)C2CC2)CC1. The van der Waals surface area contributed by atoms with Gasteiger partial charge >= 0.3 is 0 Å². The third-order valence-electron chi connectivity index (χ3n) is 4.72. The molecular formula is C18H25N3O2. The molecule has 23 heavy (non-hydrogen) atoms. The van der Waals surface area contributed by atoms with E-state index in [1.165, 1.54) is 0 Å². The Labute approximate surface area is 137 Å². The molecule has 1 saturated carbocycles. The molecule has 5 heteroatoms. The number of nitrogens with one attached hydrogen (secondary N) is 1. The molecule has 0 aromatic heterocycles. The van der Waals surface area contributed by atoms with E-state index in [9.17, 15) is 9.59 Å². The van der Waals surface area contributed by atoms with Gasteiger partial charge in [0.15, 0.2) is 0 Å². The number of anilines is 1. The van der Waals surface area contributed by atoms with Gasteiger partial charge in [0.2, 0.25) is 11.8 Å². The zero-order valence-electron chi connectivity index (χ0n) is 14.0. The summed E-state index contributed by atoms with van der Waals surface area (Å²) in [5.74, 6) is 0.614. The smallest absolute Gasteiger partial charge is 0.238 e. The van der Waals surface area contributed by atoms with Gasteiger partial charge in [0.25, 0.3) is 0 Å². The third kappa shape index (κ3) is 3.91. The molecule has 1 aromatic carbocycles. The van der Waals surface area contributed by atoms with Crippen LogP contribution < -0.4 is 5.32 Å². The van der Waals surface area contributed by atoms with Gasteiger partial charge in [-0.05, 0) is 37.8 Å². The summed E-state index contributed by atoms with van der Waals surface area (Å²) < 4.78 is 0. The summed E-state index contributed by atoms with van der Waals surface area (Å²) >= 11 is 0. The number of amides is 2. The van der Waals surface area contributed by atoms with Crippen molar-refractivity contribution in [3.63, 3.8) is 0 Å². The Balaban J connectivity index is 1.48. The molecule has 1 heterocycles. The van der Waals surface area contributed by atoms with E-state index < -0.39 is 0 Å². The van der Waals surface area contributed by atoms with E-state index in [0.29, 0.717) is 12.5 Å². The Morgan fingerprint density at radius 1 is 1.09 bits per heavy atom. The van der Waals surface area contributed by atoms with Crippen molar-refractivity contribution in [3.8, 4) is 0 Å². The number of carbonyl (C=O) groups excluding carboxylic acids is 2. The zero-order valence-corrected chi connectivity index (χ0v) is 14.0. The summed E-state index contributed by atoms with van der Waals surface area (Å²) in [6, 6.07) is 6.01. The molecular weight excluding hydrogens is 290 g/mol. The molecule has 0 unspecified atom stereocenters. The Kier molecular flexibility index (Phi) is 4.66. The lowest BCUT2D eigenvalue weighted by Crippen LogP contribution is -2.50. The number of para-hydroxylation sites is 1. The van der Waals surface area contributed by atoms with Crippen LogP contribution in [0.25, 0.3) is 0 Å². The molecule has 2 amide bonds. The molecule has 1 N–H and O–H groups in total. The lowest BCUT2D eigenvalue weighted by atomic mass is 10.1. The molecule has 3 rings (SSSR count). The van der Waals surface area contributed by atoms with E-state index in [1.54, 1.807) is 0 Å². The van der Waals surface area contributed by atoms with E-state index >= 15 is 0 Å². The fourth-order valence-corrected chi connectivity index (χ4v) is 3.11. The van der Waals surface area contributed by atoms with Crippen LogP contribution in [0.5, 0.6) is 0 Å². The van der Waals surface area contributed by atoms with Crippen LogP contribution in [0.2, 0.25) is 0 Å². The summed E-state index contributed by atoms with van der Waals surface area (Å²) in [7, 11) is 0. The predicted molar refractivity (Wildman–Crippen MR) is 90.3 cm³/mol. The summed E-state index contributed by atoms with van der Waals surface area (Å²) in [4.78, 5) is 28.4. The normalized spacial score (nSPS) is 18.8. The number of hydrogen-bond acceptors (Lipinski definition) is 3. The average molecular weight is 315 g/mol. The minimum Gasteiger partial charge on any atom is -0.340 e. The summed E-state index contributed by atoms with van der Waals surface area (Å²) in [5, 5.41) is 3.03. The second-order valence-electron chi connectivity index (χ2n) is 6.69. The van der Waals surface area contributed by atoms with Gasteiger partial charge in [-0.2, -0.15) is 0 Å². The first-order valence-electron chi connectivity index (χ1n) is 8.42. The van der Waals surface area contributed by atoms with Gasteiger partial charge < -0.3 is 10.2 Å². The van der Waals surface area contributed by atoms with Crippen LogP contribution in [-0.4, -0.2) is 54.3 Å². The van der Waals surface area contributed by atoms with Crippen LogP contribution in [0.1, 0.15) is 24.0 Å². The average Bonchev–Trinajstić information content (AvgIpc) is 3.36. The molecule has 5 nitrogen and oxygen atoms in total. The highest BCUT2D eigenvalue weighted by Gasteiger charge is 2.34. The number of rotatable bonds is 4. The highest BCUT2D eigenvalue weighted by atomic mass is 16.2. The van der Waals surface area contributed by atoms with Gasteiger partial charge in [0, 0.05) is 37.8 Å². The Morgan fingerprint density at radius 2 is 1.70 bits per heavy atom. The van der Waals surface area contributed by atoms with Crippen molar-refractivity contribution in [2.45, 2.75) is 26.7 Å². The molecule has 0 spiro atoms. The maximum Gasteiger partial charge on any atom is 0.238 e. The quantitative estimate of drug-likeness (QED) is 0.922. The second kappa shape index (κ2) is 6.71. The summed E-state index contributed by atoms with van der Waals surface area (Å²) in [5.41, 5.74) is 3.08. The van der Waals surface area contributed by atoms with Crippen molar-refractivity contribution in [2.24, 2.45) is 5.92 Å². The molecule has 124 valence electrons. The molecule has 2 aliphatic rings. The molecule has 1 aliphatic carbocycles. The van der Waals surface area contributed by atoms with Crippen LogP contribution >= 0.6 is 0 Å². The van der Waals surface area contributed by atoms with Gasteiger partial charge in [0.1, 0.15) is 0 Å². The molecule has 1 saturated heterocycles. The van der Waals surface area contributed by atoms with Crippen LogP contribution in [0.3, 0.4) is 0 Å². The van der Waals surface area contributed by atoms with Crippen LogP contribution in [0.15, 0.2) is 18.2 Å². The summed E-state index contributed by atoms with van der Waals surface area (Å²) in [6.07, 6.45) is 2.11. The monoisotopic (exact) mass is 315 g/mol. The largest absolute Gasteiger partial charge is 0.340 e. The first-order valence-corrected chi connectivity index (χ1v) is 8.42. The topological polar surface area (TPSA) is 52.7 Å². The van der Waals surface area contributed by atoms with Crippen molar-refractivity contribution in [2.75, 3.05) is 38.0 Å². The molecule has 2 fully saturated rings. The van der Waals surface area contributed by atoms with E-state index in [-0.39, 0.29) is 11.8 Å². The lowest BCUT2D eigenvalue weighted by Gasteiger charge is -2.34. The van der Waals surface area contributed by atoms with Gasteiger partial charge in [-0.1, -0.05) is 18.2 Å². The Morgan fingerprint density at radius 3 is 2.26 bits per heavy atom. The molecule has 1 aliphatic heterocycles. The number of aryl methyl sites for hydroxylation is 2. The number of hydrogen-bond donors (Lipinski definition) is 1. The second-order valence-corrected chi connectivity index (χ2v) is 6.69. The Bertz CT molecular complexity index is 582. The standard InChI is InChI=1S/C18H25N3O2/c1-13-4-3-5-14(2)17(13)19-16(22)12-20-8-10-21(11-9-20)18(23)15-6-7-15/h3-5,15H,6-12H2,1-2H3,(H,19,22). The van der Waals surface area contributed by atoms with Crippen molar-refractivity contribution >= 4 is 17.5 Å². The molecule has 0 atom stereocenters. The molecule has 0 bridgehead atoms. The number of piperazine rings is 1. The highest BCUT2D eigenvalue weighted by Crippen LogP contribution is 2.31. The number of carbonyl (C=O) groups is 2. The molecule has 0 radical (unpaired) electrons. The minimum absolute atomic E-state index is 0.0179. The maximum absolute atomic E-state index is 12.3. The lowest BCUT2D eigenvalue weighted by molar-refractivity contribution is -0.134. The van der Waals surface area contributed by atoms with Gasteiger partial charge in [0.05, 0.1) is 6.54 Å². The number of nitrogens with zero attached hydrogens (tertiary/aromatic N) is 2. The van der Waals surface area contributed by atoms with Crippen LogP contribution in [-0.2, 0) is 9.59 Å². The minimum atomic E-state index is 0.0179. The van der Waals surface area contributed by atoms with E-state index in [1.807, 2.05) is 36.9 Å².